The number of hydrogen-bond donors (Lipinski definition) is 5. The molecule has 0 unspecified atom stereocenters. The molecule has 6 aliphatic rings. The second-order valence-electron chi connectivity index (χ2n) is 26.7. The van der Waals surface area contributed by atoms with E-state index < -0.39 is 108 Å². The normalized spacial score (nSPS) is 29.1. The number of nitrogens with one attached hydrogen (secondary N) is 4. The predicted molar refractivity (Wildman–Crippen MR) is 275 cm³/mol. The molecule has 2 saturated carbocycles. The molecule has 6 rings (SSSR count). The minimum Gasteiger partial charge on any atom is -0.480 e. The Bertz CT molecular complexity index is 2370. The van der Waals surface area contributed by atoms with E-state index in [0.29, 0.717) is 39.3 Å². The summed E-state index contributed by atoms with van der Waals surface area (Å²) in [7, 11) is -2.76. The van der Waals surface area contributed by atoms with Gasteiger partial charge in [0.15, 0.2) is 0 Å². The number of fused-ring (bicyclic) bond motifs is 2. The molecule has 4 aliphatic heterocycles. The molecular weight excluding hydrogens is 985 g/mol. The van der Waals surface area contributed by atoms with Crippen molar-refractivity contribution in [3.63, 3.8) is 0 Å². The quantitative estimate of drug-likeness (QED) is 0.177. The minimum absolute atomic E-state index is 0.0316. The first kappa shape index (κ1) is 60.0. The highest BCUT2D eigenvalue weighted by atomic mass is 32.2. The Morgan fingerprint density at radius 2 is 0.890 bits per heavy atom. The van der Waals surface area contributed by atoms with Gasteiger partial charge < -0.3 is 40.9 Å². The number of likely N-dealkylation sites (tertiary alicyclic amines) is 2. The molecule has 2 aliphatic carbocycles. The fraction of sp³-hybridized carbons (Fsp3) is 0.878. The number of esters is 1. The molecule has 5 N–H and O–H groups in total. The maximum absolute atomic E-state index is 13.8. The van der Waals surface area contributed by atoms with Gasteiger partial charge in [0.2, 0.25) is 11.8 Å². The molecule has 4 saturated heterocycles. The molecule has 73 heavy (non-hydrogen) atoms. The number of hydrogen-bond acceptors (Lipinski definition) is 11. The third kappa shape index (κ3) is 12.2. The second kappa shape index (κ2) is 20.3. The van der Waals surface area contributed by atoms with Crippen LogP contribution in [0.15, 0.2) is 0 Å². The molecule has 0 radical (unpaired) electrons. The highest BCUT2D eigenvalue weighted by Gasteiger charge is 2.71. The van der Waals surface area contributed by atoms with E-state index >= 15 is 0 Å². The van der Waals surface area contributed by atoms with Crippen LogP contribution in [0.5, 0.6) is 0 Å². The van der Waals surface area contributed by atoms with Gasteiger partial charge in [-0.15, -0.1) is 0 Å². The molecule has 0 spiro atoms. The van der Waals surface area contributed by atoms with Crippen LogP contribution in [-0.4, -0.2) is 195 Å². The molecule has 24 heteroatoms. The number of piperidine rings is 2. The van der Waals surface area contributed by atoms with Gasteiger partial charge in [0.05, 0.1) is 7.11 Å². The fourth-order valence-electron chi connectivity index (χ4n) is 11.2. The molecule has 6 fully saturated rings. The molecule has 0 bridgehead atoms. The van der Waals surface area contributed by atoms with Gasteiger partial charge in [-0.25, -0.2) is 19.2 Å². The summed E-state index contributed by atoms with van der Waals surface area (Å²) in [6, 6.07) is -5.63. The number of aliphatic carboxylic acids is 1. The van der Waals surface area contributed by atoms with Crippen LogP contribution < -0.4 is 21.3 Å². The molecule has 0 aromatic heterocycles. The zero-order valence-electron chi connectivity index (χ0n) is 46.9. The van der Waals surface area contributed by atoms with Crippen molar-refractivity contribution in [2.75, 3.05) is 73.6 Å². The molecule has 0 aromatic rings. The van der Waals surface area contributed by atoms with Crippen molar-refractivity contribution in [3.8, 4) is 0 Å². The SMILES string of the molecule is CN1CCN(C[C@@H](NC(=O)N[C@H](C(=O)N2C[C@H]3[C@@H]([C@H]2C(=O)O)C3(C)C)C(C)(C)C)C(C)(C)C)S1(=O)=O.COC(=O)[C@@H]1[C@@H]2[C@H](CN1C(=O)[C@@H](NC(=O)N[C@H](CN1CCN(C)S1(=O)=O)C(C)(C)C)C(C)(C)C)C2(C)C. The largest absolute Gasteiger partial charge is 0.480 e. The topological polar surface area (TPSA) is 268 Å². The Hall–Kier alpha value is -3.84. The second-order valence-corrected chi connectivity index (χ2v) is 30.8. The Morgan fingerprint density at radius 3 is 1.16 bits per heavy atom. The Morgan fingerprint density at radius 1 is 0.562 bits per heavy atom. The number of urea groups is 2. The summed E-state index contributed by atoms with van der Waals surface area (Å²) in [6.45, 7) is 33.3. The first-order chi connectivity index (χ1) is 32.9. The fourth-order valence-corrected chi connectivity index (χ4v) is 13.9. The van der Waals surface area contributed by atoms with E-state index in [1.165, 1.54) is 43.3 Å². The summed E-state index contributed by atoms with van der Waals surface area (Å²) < 4.78 is 60.7. The van der Waals surface area contributed by atoms with Gasteiger partial charge in [-0.3, -0.25) is 9.59 Å². The van der Waals surface area contributed by atoms with Crippen LogP contribution in [-0.2, 0) is 44.3 Å². The average Bonchev–Trinajstić information content (AvgIpc) is 3.61. The number of likely N-dealkylation sites (N-methyl/N-ethyl adjacent to an activating group) is 2. The van der Waals surface area contributed by atoms with Crippen LogP contribution in [0, 0.1) is 56.2 Å². The van der Waals surface area contributed by atoms with E-state index in [2.05, 4.69) is 35.1 Å². The monoisotopic (exact) mass is 1070 g/mol. The molecule has 22 nitrogen and oxygen atoms in total. The lowest BCUT2D eigenvalue weighted by Crippen LogP contribution is -2.61. The van der Waals surface area contributed by atoms with Gasteiger partial charge in [-0.2, -0.15) is 34.1 Å². The standard InChI is InChI=1S/C25H45N5O6S.C24H43N5O6S/c1-23(2,3)16(14-29-12-11-28(9)37(29,34)35)26-22(33)27-19(24(4,5)6)20(31)30-13-15-17(25(15,7)8)18(30)21(32)36-10;1-22(2,3)15(13-28-11-10-27(9)36(28,34)35)25-21(33)26-18(23(4,5)6)19(30)29-12-14-16(24(14,7)8)17(29)20(31)32/h15-19H,11-14H2,1-10H3,(H2,26,27,33);14-18H,10-13H2,1-9H3,(H,31,32)(H2,25,26,33)/t15-,16+,17-,18-,19+;14-,15+,16-,17-,18+/m00/s1. The number of carbonyl (C=O) groups excluding carboxylic acids is 5. The average molecular weight is 1070 g/mol. The highest BCUT2D eigenvalue weighted by molar-refractivity contribution is 7.87. The number of amides is 6. The lowest BCUT2D eigenvalue weighted by molar-refractivity contribution is -0.154. The van der Waals surface area contributed by atoms with Crippen molar-refractivity contribution < 1.29 is 55.4 Å². The van der Waals surface area contributed by atoms with Gasteiger partial charge in [0.25, 0.3) is 20.4 Å². The number of carboxylic acids is 1. The summed E-state index contributed by atoms with van der Waals surface area (Å²) in [5.41, 5.74) is -2.40. The molecule has 10 atom stereocenters. The van der Waals surface area contributed by atoms with E-state index in [1.807, 2.05) is 96.9 Å². The van der Waals surface area contributed by atoms with Crippen molar-refractivity contribution in [2.24, 2.45) is 56.2 Å². The number of methoxy groups -OCH3 is 1. The summed E-state index contributed by atoms with van der Waals surface area (Å²) in [4.78, 5) is 81.6. The smallest absolute Gasteiger partial charge is 0.328 e. The molecule has 4 heterocycles. The summed E-state index contributed by atoms with van der Waals surface area (Å²) in [5.74, 6) is -1.93. The Labute approximate surface area is 435 Å². The third-order valence-corrected chi connectivity index (χ3v) is 20.6. The first-order valence-electron chi connectivity index (χ1n) is 25.4. The maximum atomic E-state index is 13.8. The van der Waals surface area contributed by atoms with Crippen molar-refractivity contribution in [3.05, 3.63) is 0 Å². The van der Waals surface area contributed by atoms with Crippen molar-refractivity contribution in [1.29, 1.82) is 0 Å². The van der Waals surface area contributed by atoms with Crippen LogP contribution in [0.25, 0.3) is 0 Å². The highest BCUT2D eigenvalue weighted by Crippen LogP contribution is 2.66. The maximum Gasteiger partial charge on any atom is 0.328 e. The van der Waals surface area contributed by atoms with Gasteiger partial charge in [0, 0.05) is 90.4 Å². The number of carboxylic acid groups (broad SMARTS) is 1. The first-order valence-corrected chi connectivity index (χ1v) is 28.2. The molecular formula is C49H88N10O12S2. The predicted octanol–water partition coefficient (Wildman–Crippen LogP) is 2.44. The third-order valence-electron chi connectivity index (χ3n) is 16.7. The van der Waals surface area contributed by atoms with Crippen molar-refractivity contribution in [1.82, 2.24) is 48.3 Å². The number of nitrogens with zero attached hydrogens (tertiary/aromatic N) is 6. The molecule has 6 amide bonds. The van der Waals surface area contributed by atoms with E-state index in [9.17, 15) is 50.7 Å². The van der Waals surface area contributed by atoms with Crippen LogP contribution in [0.4, 0.5) is 9.59 Å². The van der Waals surface area contributed by atoms with Gasteiger partial charge in [-0.1, -0.05) is 111 Å². The number of ether oxygens (including phenoxy) is 1. The van der Waals surface area contributed by atoms with E-state index in [0.717, 1.165) is 0 Å². The molecule has 418 valence electrons. The van der Waals surface area contributed by atoms with E-state index in [-0.39, 0.29) is 53.5 Å². The summed E-state index contributed by atoms with van der Waals surface area (Å²) in [5, 5.41) is 21.3. The van der Waals surface area contributed by atoms with Crippen LogP contribution in [0.3, 0.4) is 0 Å². The zero-order chi connectivity index (χ0) is 55.9. The van der Waals surface area contributed by atoms with Gasteiger partial charge in [-0.05, 0) is 44.3 Å². The van der Waals surface area contributed by atoms with E-state index in [1.54, 1.807) is 4.90 Å². The van der Waals surface area contributed by atoms with Crippen molar-refractivity contribution >= 4 is 56.2 Å². The van der Waals surface area contributed by atoms with Gasteiger partial charge >= 0.3 is 24.0 Å². The van der Waals surface area contributed by atoms with E-state index in [4.69, 9.17) is 4.74 Å². The number of rotatable bonds is 12. The van der Waals surface area contributed by atoms with Crippen LogP contribution in [0.1, 0.15) is 111 Å². The Balaban J connectivity index is 0.000000271. The Kier molecular flexibility index (Phi) is 16.7. The van der Waals surface area contributed by atoms with Crippen molar-refractivity contribution in [2.45, 2.75) is 147 Å². The lowest BCUT2D eigenvalue weighted by atomic mass is 9.85. The zero-order valence-corrected chi connectivity index (χ0v) is 48.5. The van der Waals surface area contributed by atoms with Gasteiger partial charge in [0.1, 0.15) is 24.2 Å². The lowest BCUT2D eigenvalue weighted by Gasteiger charge is -2.38. The summed E-state index contributed by atoms with van der Waals surface area (Å²) >= 11 is 0. The van der Waals surface area contributed by atoms with Crippen LogP contribution >= 0.6 is 0 Å². The minimum atomic E-state index is -3.57. The molecule has 0 aromatic carbocycles. The van der Waals surface area contributed by atoms with Crippen LogP contribution in [0.2, 0.25) is 0 Å². The summed E-state index contributed by atoms with van der Waals surface area (Å²) in [6.07, 6.45) is 0. The number of carbonyl (C=O) groups is 6.